The van der Waals surface area contributed by atoms with E-state index in [-0.39, 0.29) is 17.1 Å². The van der Waals surface area contributed by atoms with Crippen LogP contribution < -0.4 is 9.62 Å². The molecule has 0 spiro atoms. The molecule has 2 rings (SSSR count). The van der Waals surface area contributed by atoms with Crippen LogP contribution in [0.15, 0.2) is 42.5 Å². The van der Waals surface area contributed by atoms with E-state index in [2.05, 4.69) is 5.32 Å². The molecule has 140 valence electrons. The standard InChI is InChI=1S/C17H17Cl2FN2O3S/c1-3-16(17(23)21-12-6-9-14(18)15(19)10-12)22(26(2,24)25)13-7-4-11(20)5-8-13/h4-10,16H,3H2,1-2H3,(H,21,23)/t16-/m1/s1. The molecule has 0 aliphatic rings. The third kappa shape index (κ3) is 4.87. The van der Waals surface area contributed by atoms with Crippen LogP contribution in [0.3, 0.4) is 0 Å². The smallest absolute Gasteiger partial charge is 0.248 e. The van der Waals surface area contributed by atoms with Gasteiger partial charge in [-0.3, -0.25) is 9.10 Å². The molecule has 0 saturated heterocycles. The van der Waals surface area contributed by atoms with Crippen molar-refractivity contribution in [1.29, 1.82) is 0 Å². The van der Waals surface area contributed by atoms with Crippen LogP contribution in [0.1, 0.15) is 13.3 Å². The number of hydrogen-bond donors (Lipinski definition) is 1. The molecule has 0 aromatic heterocycles. The fourth-order valence-electron chi connectivity index (χ4n) is 2.45. The van der Waals surface area contributed by atoms with E-state index < -0.39 is 27.8 Å². The van der Waals surface area contributed by atoms with Gasteiger partial charge in [-0.25, -0.2) is 12.8 Å². The predicted octanol–water partition coefficient (Wildman–Crippen LogP) is 4.32. The molecule has 2 aromatic carbocycles. The lowest BCUT2D eigenvalue weighted by Gasteiger charge is -2.30. The molecular weight excluding hydrogens is 402 g/mol. The largest absolute Gasteiger partial charge is 0.324 e. The maximum Gasteiger partial charge on any atom is 0.248 e. The van der Waals surface area contributed by atoms with Gasteiger partial charge in [0.05, 0.1) is 22.0 Å². The number of amides is 1. The average molecular weight is 419 g/mol. The van der Waals surface area contributed by atoms with Crippen molar-refractivity contribution in [3.05, 3.63) is 58.3 Å². The van der Waals surface area contributed by atoms with Gasteiger partial charge in [-0.2, -0.15) is 0 Å². The summed E-state index contributed by atoms with van der Waals surface area (Å²) < 4.78 is 38.7. The Morgan fingerprint density at radius 3 is 2.27 bits per heavy atom. The van der Waals surface area contributed by atoms with Crippen LogP contribution in [-0.4, -0.2) is 26.6 Å². The molecule has 9 heteroatoms. The number of rotatable bonds is 6. The van der Waals surface area contributed by atoms with Gasteiger partial charge in [0.2, 0.25) is 15.9 Å². The van der Waals surface area contributed by atoms with Crippen molar-refractivity contribution >= 4 is 50.5 Å². The Morgan fingerprint density at radius 1 is 1.15 bits per heavy atom. The third-order valence-electron chi connectivity index (χ3n) is 3.60. The first-order chi connectivity index (χ1) is 12.1. The van der Waals surface area contributed by atoms with Crippen molar-refractivity contribution in [1.82, 2.24) is 0 Å². The Hall–Kier alpha value is -1.83. The van der Waals surface area contributed by atoms with Crippen LogP contribution in [0.2, 0.25) is 10.0 Å². The molecule has 1 N–H and O–H groups in total. The summed E-state index contributed by atoms with van der Waals surface area (Å²) in [6.07, 6.45) is 1.20. The van der Waals surface area contributed by atoms with Crippen LogP contribution in [-0.2, 0) is 14.8 Å². The Kier molecular flexibility index (Phi) is 6.49. The lowest BCUT2D eigenvalue weighted by molar-refractivity contribution is -0.117. The molecule has 0 aliphatic heterocycles. The number of carbonyl (C=O) groups is 1. The minimum atomic E-state index is -3.79. The van der Waals surface area contributed by atoms with E-state index in [1.165, 1.54) is 24.3 Å². The quantitative estimate of drug-likeness (QED) is 0.759. The number of nitrogens with one attached hydrogen (secondary N) is 1. The molecule has 0 aliphatic carbocycles. The maximum absolute atomic E-state index is 13.2. The minimum Gasteiger partial charge on any atom is -0.324 e. The Labute approximate surface area is 161 Å². The van der Waals surface area contributed by atoms with E-state index in [9.17, 15) is 17.6 Å². The second-order valence-electron chi connectivity index (χ2n) is 5.58. The van der Waals surface area contributed by atoms with E-state index in [0.29, 0.717) is 10.7 Å². The zero-order valence-corrected chi connectivity index (χ0v) is 16.4. The van der Waals surface area contributed by atoms with Crippen LogP contribution in [0.5, 0.6) is 0 Å². The van der Waals surface area contributed by atoms with Gasteiger partial charge in [-0.15, -0.1) is 0 Å². The van der Waals surface area contributed by atoms with E-state index in [0.717, 1.165) is 22.7 Å². The van der Waals surface area contributed by atoms with Crippen molar-refractivity contribution in [2.24, 2.45) is 0 Å². The van der Waals surface area contributed by atoms with E-state index >= 15 is 0 Å². The van der Waals surface area contributed by atoms with E-state index in [1.807, 2.05) is 0 Å². The molecular formula is C17H17Cl2FN2O3S. The molecule has 0 unspecified atom stereocenters. The van der Waals surface area contributed by atoms with E-state index in [4.69, 9.17) is 23.2 Å². The van der Waals surface area contributed by atoms with Gasteiger partial charge < -0.3 is 5.32 Å². The van der Waals surface area contributed by atoms with Crippen LogP contribution in [0.25, 0.3) is 0 Å². The highest BCUT2D eigenvalue weighted by atomic mass is 35.5. The molecule has 0 heterocycles. The summed E-state index contributed by atoms with van der Waals surface area (Å²) in [4.78, 5) is 12.7. The molecule has 2 aromatic rings. The van der Waals surface area contributed by atoms with Crippen molar-refractivity contribution in [2.75, 3.05) is 15.9 Å². The topological polar surface area (TPSA) is 66.5 Å². The van der Waals surface area contributed by atoms with Gasteiger partial charge in [0.15, 0.2) is 0 Å². The third-order valence-corrected chi connectivity index (χ3v) is 5.52. The summed E-state index contributed by atoms with van der Waals surface area (Å²) in [5.41, 5.74) is 0.584. The zero-order valence-electron chi connectivity index (χ0n) is 14.0. The summed E-state index contributed by atoms with van der Waals surface area (Å²) in [5.74, 6) is -1.05. The zero-order chi connectivity index (χ0) is 19.5. The van der Waals surface area contributed by atoms with Crippen molar-refractivity contribution < 1.29 is 17.6 Å². The first kappa shape index (κ1) is 20.5. The minimum absolute atomic E-state index is 0.199. The number of anilines is 2. The summed E-state index contributed by atoms with van der Waals surface area (Å²) in [5, 5.41) is 3.23. The van der Waals surface area contributed by atoms with E-state index in [1.54, 1.807) is 13.0 Å². The van der Waals surface area contributed by atoms with Gasteiger partial charge in [0, 0.05) is 5.69 Å². The number of carbonyl (C=O) groups excluding carboxylic acids is 1. The summed E-state index contributed by atoms with van der Waals surface area (Å²) in [7, 11) is -3.79. The van der Waals surface area contributed by atoms with Crippen LogP contribution in [0, 0.1) is 5.82 Å². The molecule has 0 fully saturated rings. The second-order valence-corrected chi connectivity index (χ2v) is 8.25. The molecule has 0 saturated carbocycles. The molecule has 0 radical (unpaired) electrons. The first-order valence-electron chi connectivity index (χ1n) is 7.64. The lowest BCUT2D eigenvalue weighted by atomic mass is 10.1. The molecule has 1 atom stereocenters. The fourth-order valence-corrected chi connectivity index (χ4v) is 3.96. The van der Waals surface area contributed by atoms with Gasteiger partial charge in [0.1, 0.15) is 11.9 Å². The monoisotopic (exact) mass is 418 g/mol. The number of hydrogen-bond acceptors (Lipinski definition) is 3. The number of sulfonamides is 1. The lowest BCUT2D eigenvalue weighted by Crippen LogP contribution is -2.47. The second kappa shape index (κ2) is 8.24. The van der Waals surface area contributed by atoms with Crippen molar-refractivity contribution in [3.63, 3.8) is 0 Å². The molecule has 0 bridgehead atoms. The summed E-state index contributed by atoms with van der Waals surface area (Å²) in [6, 6.07) is 8.42. The number of halogens is 3. The Morgan fingerprint density at radius 2 is 1.77 bits per heavy atom. The molecule has 5 nitrogen and oxygen atoms in total. The molecule has 26 heavy (non-hydrogen) atoms. The van der Waals surface area contributed by atoms with Gasteiger partial charge in [0.25, 0.3) is 0 Å². The summed E-state index contributed by atoms with van der Waals surface area (Å²) >= 11 is 11.8. The number of nitrogens with zero attached hydrogens (tertiary/aromatic N) is 1. The molecule has 1 amide bonds. The number of benzene rings is 2. The SMILES string of the molecule is CC[C@H](C(=O)Nc1ccc(Cl)c(Cl)c1)N(c1ccc(F)cc1)S(C)(=O)=O. The van der Waals surface area contributed by atoms with Crippen LogP contribution in [0.4, 0.5) is 15.8 Å². The van der Waals surface area contributed by atoms with Gasteiger partial charge in [-0.05, 0) is 48.9 Å². The van der Waals surface area contributed by atoms with Crippen molar-refractivity contribution in [3.8, 4) is 0 Å². The van der Waals surface area contributed by atoms with Gasteiger partial charge >= 0.3 is 0 Å². The summed E-state index contributed by atoms with van der Waals surface area (Å²) in [6.45, 7) is 1.68. The Balaban J connectivity index is 2.36. The average Bonchev–Trinajstić information content (AvgIpc) is 2.56. The normalized spacial score (nSPS) is 12.5. The fraction of sp³-hybridized carbons (Fsp3) is 0.235. The van der Waals surface area contributed by atoms with Crippen molar-refractivity contribution in [2.45, 2.75) is 19.4 Å². The highest BCUT2D eigenvalue weighted by Crippen LogP contribution is 2.27. The highest BCUT2D eigenvalue weighted by Gasteiger charge is 2.31. The predicted molar refractivity (Wildman–Crippen MR) is 103 cm³/mol. The van der Waals surface area contributed by atoms with Gasteiger partial charge in [-0.1, -0.05) is 30.1 Å². The Bertz CT molecular complexity index is 905. The first-order valence-corrected chi connectivity index (χ1v) is 10.2. The van der Waals surface area contributed by atoms with Crippen LogP contribution >= 0.6 is 23.2 Å². The maximum atomic E-state index is 13.2. The highest BCUT2D eigenvalue weighted by molar-refractivity contribution is 7.92.